The molecule has 2 atom stereocenters. The highest BCUT2D eigenvalue weighted by Gasteiger charge is 2.50. The summed E-state index contributed by atoms with van der Waals surface area (Å²) in [5, 5.41) is 10.2. The molecule has 18 heavy (non-hydrogen) atoms. The molecule has 2 heterocycles. The van der Waals surface area contributed by atoms with Crippen LogP contribution >= 0.6 is 0 Å². The van der Waals surface area contributed by atoms with E-state index in [-0.39, 0.29) is 10.5 Å². The van der Waals surface area contributed by atoms with Crippen LogP contribution in [0.15, 0.2) is 0 Å². The summed E-state index contributed by atoms with van der Waals surface area (Å²) in [7, 11) is -2.95. The van der Waals surface area contributed by atoms with E-state index in [1.165, 1.54) is 0 Å². The second-order valence-corrected chi connectivity index (χ2v) is 8.79. The molecule has 2 saturated heterocycles. The Balaban J connectivity index is 2.13. The molecule has 0 saturated carbocycles. The van der Waals surface area contributed by atoms with E-state index in [0.29, 0.717) is 18.8 Å². The van der Waals surface area contributed by atoms with Gasteiger partial charge in [0.15, 0.2) is 9.84 Å². The van der Waals surface area contributed by atoms with Crippen molar-refractivity contribution in [1.82, 2.24) is 0 Å². The SMILES string of the molecule is CCC(CC)CC1(O)CC2CCCC(C1)S2(=O)=O. The van der Waals surface area contributed by atoms with Crippen molar-refractivity contribution in [2.24, 2.45) is 5.92 Å². The maximum Gasteiger partial charge on any atom is 0.156 e. The summed E-state index contributed by atoms with van der Waals surface area (Å²) < 4.78 is 24.4. The van der Waals surface area contributed by atoms with Crippen molar-refractivity contribution in [1.29, 1.82) is 0 Å². The molecule has 0 radical (unpaired) electrons. The molecule has 4 heteroatoms. The second kappa shape index (κ2) is 5.12. The summed E-state index contributed by atoms with van der Waals surface area (Å²) in [6.45, 7) is 4.30. The lowest BCUT2D eigenvalue weighted by Crippen LogP contribution is -2.52. The first-order valence-electron chi connectivity index (χ1n) is 7.36. The summed E-state index contributed by atoms with van der Waals surface area (Å²) >= 11 is 0. The van der Waals surface area contributed by atoms with E-state index in [1.54, 1.807) is 0 Å². The van der Waals surface area contributed by atoms with Gasteiger partial charge in [-0.2, -0.15) is 0 Å². The van der Waals surface area contributed by atoms with Gasteiger partial charge in [0.2, 0.25) is 0 Å². The van der Waals surface area contributed by atoms with Crippen LogP contribution in [0.1, 0.15) is 65.2 Å². The van der Waals surface area contributed by atoms with Crippen LogP contribution in [0.4, 0.5) is 0 Å². The largest absolute Gasteiger partial charge is 0.390 e. The third-order valence-electron chi connectivity index (χ3n) is 5.02. The zero-order valence-electron chi connectivity index (χ0n) is 11.6. The highest BCUT2D eigenvalue weighted by Crippen LogP contribution is 2.44. The zero-order chi connectivity index (χ0) is 13.4. The Kier molecular flexibility index (Phi) is 4.07. The molecule has 2 bridgehead atoms. The summed E-state index contributed by atoms with van der Waals surface area (Å²) in [6.07, 6.45) is 6.39. The van der Waals surface area contributed by atoms with Crippen molar-refractivity contribution in [3.8, 4) is 0 Å². The van der Waals surface area contributed by atoms with Crippen molar-refractivity contribution < 1.29 is 13.5 Å². The Labute approximate surface area is 111 Å². The van der Waals surface area contributed by atoms with Crippen molar-refractivity contribution in [3.05, 3.63) is 0 Å². The van der Waals surface area contributed by atoms with Crippen molar-refractivity contribution in [2.45, 2.75) is 81.3 Å². The van der Waals surface area contributed by atoms with E-state index in [0.717, 1.165) is 38.5 Å². The quantitative estimate of drug-likeness (QED) is 0.857. The predicted octanol–water partition coefficient (Wildman–Crippen LogP) is 2.67. The summed E-state index contributed by atoms with van der Waals surface area (Å²) in [5.74, 6) is 0.525. The standard InChI is InChI=1S/C14H26O3S/c1-3-11(4-2)8-14(15)9-12-6-5-7-13(10-14)18(12,16)17/h11-13,15H,3-10H2,1-2H3. The van der Waals surface area contributed by atoms with Gasteiger partial charge in [-0.3, -0.25) is 0 Å². The monoisotopic (exact) mass is 274 g/mol. The van der Waals surface area contributed by atoms with Crippen LogP contribution < -0.4 is 0 Å². The van der Waals surface area contributed by atoms with E-state index >= 15 is 0 Å². The molecular formula is C14H26O3S. The molecule has 0 spiro atoms. The van der Waals surface area contributed by atoms with Gasteiger partial charge < -0.3 is 5.11 Å². The Bertz CT molecular complexity index is 364. The normalized spacial score (nSPS) is 38.9. The summed E-state index contributed by atoms with van der Waals surface area (Å²) in [5.41, 5.74) is -0.724. The minimum absolute atomic E-state index is 0.274. The molecule has 0 aromatic rings. The molecule has 0 aromatic carbocycles. The number of fused-ring (bicyclic) bond motifs is 2. The smallest absolute Gasteiger partial charge is 0.156 e. The first kappa shape index (κ1) is 14.3. The molecule has 0 aliphatic carbocycles. The van der Waals surface area contributed by atoms with Crippen molar-refractivity contribution in [2.75, 3.05) is 0 Å². The van der Waals surface area contributed by atoms with E-state index in [9.17, 15) is 13.5 Å². The Morgan fingerprint density at radius 1 is 1.17 bits per heavy atom. The van der Waals surface area contributed by atoms with E-state index in [4.69, 9.17) is 0 Å². The first-order chi connectivity index (χ1) is 8.41. The number of aliphatic hydroxyl groups is 1. The molecule has 2 fully saturated rings. The molecule has 3 nitrogen and oxygen atoms in total. The summed E-state index contributed by atoms with van der Waals surface area (Å²) in [4.78, 5) is 0. The Morgan fingerprint density at radius 2 is 1.67 bits per heavy atom. The van der Waals surface area contributed by atoms with Gasteiger partial charge >= 0.3 is 0 Å². The van der Waals surface area contributed by atoms with Gasteiger partial charge in [-0.25, -0.2) is 8.42 Å². The lowest BCUT2D eigenvalue weighted by Gasteiger charge is -2.45. The van der Waals surface area contributed by atoms with Gasteiger partial charge in [0.05, 0.1) is 16.1 Å². The highest BCUT2D eigenvalue weighted by atomic mass is 32.2. The van der Waals surface area contributed by atoms with Gasteiger partial charge in [0.1, 0.15) is 0 Å². The molecular weight excluding hydrogens is 248 g/mol. The van der Waals surface area contributed by atoms with Crippen molar-refractivity contribution >= 4 is 9.84 Å². The predicted molar refractivity (Wildman–Crippen MR) is 73.2 cm³/mol. The number of sulfone groups is 1. The van der Waals surface area contributed by atoms with E-state index in [2.05, 4.69) is 13.8 Å². The number of rotatable bonds is 4. The van der Waals surface area contributed by atoms with Gasteiger partial charge in [-0.05, 0) is 38.0 Å². The highest BCUT2D eigenvalue weighted by molar-refractivity contribution is 7.92. The van der Waals surface area contributed by atoms with Crippen LogP contribution in [0, 0.1) is 5.92 Å². The second-order valence-electron chi connectivity index (χ2n) is 6.28. The average molecular weight is 274 g/mol. The topological polar surface area (TPSA) is 54.4 Å². The Morgan fingerprint density at radius 3 is 2.11 bits per heavy atom. The molecule has 1 N–H and O–H groups in total. The molecule has 2 unspecified atom stereocenters. The third-order valence-corrected chi connectivity index (χ3v) is 7.68. The average Bonchev–Trinajstić information content (AvgIpc) is 2.29. The van der Waals surface area contributed by atoms with Crippen LogP contribution in [-0.4, -0.2) is 29.6 Å². The minimum atomic E-state index is -2.95. The lowest BCUT2D eigenvalue weighted by atomic mass is 9.78. The van der Waals surface area contributed by atoms with Gasteiger partial charge in [0, 0.05) is 0 Å². The van der Waals surface area contributed by atoms with Crippen LogP contribution in [0.5, 0.6) is 0 Å². The van der Waals surface area contributed by atoms with Gasteiger partial charge in [-0.1, -0.05) is 33.1 Å². The van der Waals surface area contributed by atoms with Gasteiger partial charge in [-0.15, -0.1) is 0 Å². The molecule has 106 valence electrons. The molecule has 0 aromatic heterocycles. The van der Waals surface area contributed by atoms with E-state index < -0.39 is 15.4 Å². The third kappa shape index (κ3) is 2.60. The van der Waals surface area contributed by atoms with Gasteiger partial charge in [0.25, 0.3) is 0 Å². The lowest BCUT2D eigenvalue weighted by molar-refractivity contribution is -0.0134. The molecule has 2 rings (SSSR count). The fraction of sp³-hybridized carbons (Fsp3) is 1.00. The number of hydrogen-bond acceptors (Lipinski definition) is 3. The molecule has 0 amide bonds. The number of hydrogen-bond donors (Lipinski definition) is 1. The van der Waals surface area contributed by atoms with Crippen LogP contribution in [0.2, 0.25) is 0 Å². The molecule has 2 aliphatic rings. The van der Waals surface area contributed by atoms with Crippen LogP contribution in [-0.2, 0) is 9.84 Å². The Hall–Kier alpha value is -0.0900. The fourth-order valence-electron chi connectivity index (χ4n) is 3.82. The van der Waals surface area contributed by atoms with Crippen LogP contribution in [0.3, 0.4) is 0 Å². The van der Waals surface area contributed by atoms with E-state index in [1.807, 2.05) is 0 Å². The maximum absolute atomic E-state index is 12.2. The summed E-state index contributed by atoms with van der Waals surface area (Å²) in [6, 6.07) is 0. The van der Waals surface area contributed by atoms with Crippen molar-refractivity contribution in [3.63, 3.8) is 0 Å². The zero-order valence-corrected chi connectivity index (χ0v) is 12.4. The maximum atomic E-state index is 12.2. The minimum Gasteiger partial charge on any atom is -0.390 e. The first-order valence-corrected chi connectivity index (χ1v) is 8.97. The fourth-order valence-corrected chi connectivity index (χ4v) is 6.44. The molecule has 2 aliphatic heterocycles. The van der Waals surface area contributed by atoms with Crippen LogP contribution in [0.25, 0.3) is 0 Å².